The summed E-state index contributed by atoms with van der Waals surface area (Å²) in [5.41, 5.74) is 6.07. The summed E-state index contributed by atoms with van der Waals surface area (Å²) in [4.78, 5) is 5.30. The van der Waals surface area contributed by atoms with Crippen LogP contribution in [0.15, 0.2) is 0 Å². The van der Waals surface area contributed by atoms with Gasteiger partial charge in [-0.3, -0.25) is 4.90 Å². The van der Waals surface area contributed by atoms with Crippen LogP contribution in [0, 0.1) is 0 Å². The maximum Gasteiger partial charge on any atom is 0.0224 e. The zero-order valence-corrected chi connectivity index (χ0v) is 10.7. The van der Waals surface area contributed by atoms with E-state index < -0.39 is 0 Å². The Morgan fingerprint density at radius 2 is 2.12 bits per heavy atom. The first-order valence-corrected chi connectivity index (χ1v) is 7.01. The lowest BCUT2D eigenvalue weighted by Crippen LogP contribution is -2.50. The van der Waals surface area contributed by atoms with E-state index in [1.165, 1.54) is 64.8 Å². The summed E-state index contributed by atoms with van der Waals surface area (Å²) in [6.07, 6.45) is 6.41. The lowest BCUT2D eigenvalue weighted by atomic mass is 10.1. The molecular formula is C13H27N3. The Morgan fingerprint density at radius 1 is 1.25 bits per heavy atom. The van der Waals surface area contributed by atoms with Crippen LogP contribution in [0.1, 0.15) is 39.0 Å². The zero-order chi connectivity index (χ0) is 11.4. The van der Waals surface area contributed by atoms with Crippen molar-refractivity contribution in [2.45, 2.75) is 51.1 Å². The van der Waals surface area contributed by atoms with Crippen LogP contribution in [-0.4, -0.2) is 54.6 Å². The van der Waals surface area contributed by atoms with Crippen LogP contribution < -0.4 is 5.73 Å². The van der Waals surface area contributed by atoms with Crippen LogP contribution in [0.4, 0.5) is 0 Å². The summed E-state index contributed by atoms with van der Waals surface area (Å²) < 4.78 is 0. The lowest BCUT2D eigenvalue weighted by Gasteiger charge is -2.37. The van der Waals surface area contributed by atoms with Gasteiger partial charge in [0, 0.05) is 31.7 Å². The van der Waals surface area contributed by atoms with Gasteiger partial charge in [0.2, 0.25) is 0 Å². The molecular weight excluding hydrogens is 198 g/mol. The van der Waals surface area contributed by atoms with Crippen LogP contribution in [0.5, 0.6) is 0 Å². The molecule has 3 heteroatoms. The van der Waals surface area contributed by atoms with E-state index in [0.717, 1.165) is 6.04 Å². The Labute approximate surface area is 100.0 Å². The molecule has 2 aliphatic rings. The quantitative estimate of drug-likeness (QED) is 0.765. The van der Waals surface area contributed by atoms with E-state index in [9.17, 15) is 0 Å². The van der Waals surface area contributed by atoms with Gasteiger partial charge >= 0.3 is 0 Å². The number of fused-ring (bicyclic) bond motifs is 1. The summed E-state index contributed by atoms with van der Waals surface area (Å²) in [5, 5.41) is 0. The van der Waals surface area contributed by atoms with Crippen molar-refractivity contribution in [3.8, 4) is 0 Å². The largest absolute Gasteiger partial charge is 0.328 e. The molecule has 3 nitrogen and oxygen atoms in total. The van der Waals surface area contributed by atoms with Crippen molar-refractivity contribution in [3.63, 3.8) is 0 Å². The number of nitrogens with two attached hydrogens (primary N) is 1. The third kappa shape index (κ3) is 3.19. The molecule has 2 heterocycles. The summed E-state index contributed by atoms with van der Waals surface area (Å²) in [5.74, 6) is 0. The minimum atomic E-state index is 0.423. The highest BCUT2D eigenvalue weighted by atomic mass is 15.3. The fourth-order valence-electron chi connectivity index (χ4n) is 3.12. The van der Waals surface area contributed by atoms with E-state index in [4.69, 9.17) is 5.73 Å². The fraction of sp³-hybridized carbons (Fsp3) is 1.00. The van der Waals surface area contributed by atoms with Gasteiger partial charge in [0.15, 0.2) is 0 Å². The average Bonchev–Trinajstić information content (AvgIpc) is 2.74. The Hall–Kier alpha value is -0.120. The topological polar surface area (TPSA) is 32.5 Å². The van der Waals surface area contributed by atoms with Gasteiger partial charge in [-0.15, -0.1) is 0 Å². The lowest BCUT2D eigenvalue weighted by molar-refractivity contribution is 0.102. The van der Waals surface area contributed by atoms with E-state index in [0.29, 0.717) is 6.04 Å². The molecule has 0 aromatic rings. The van der Waals surface area contributed by atoms with Crippen molar-refractivity contribution in [3.05, 3.63) is 0 Å². The molecule has 0 saturated carbocycles. The highest BCUT2D eigenvalue weighted by Crippen LogP contribution is 2.21. The van der Waals surface area contributed by atoms with Crippen LogP contribution >= 0.6 is 0 Å². The van der Waals surface area contributed by atoms with E-state index in [1.807, 2.05) is 0 Å². The van der Waals surface area contributed by atoms with E-state index in [2.05, 4.69) is 16.7 Å². The smallest absolute Gasteiger partial charge is 0.0224 e. The molecule has 2 atom stereocenters. The molecule has 2 aliphatic heterocycles. The molecule has 0 aromatic heterocycles. The third-order valence-electron chi connectivity index (χ3n) is 4.15. The summed E-state index contributed by atoms with van der Waals surface area (Å²) in [6, 6.07) is 1.28. The summed E-state index contributed by atoms with van der Waals surface area (Å²) in [6.45, 7) is 8.61. The molecule has 2 rings (SSSR count). The first-order chi connectivity index (χ1) is 7.79. The monoisotopic (exact) mass is 225 g/mol. The van der Waals surface area contributed by atoms with Crippen LogP contribution in [0.25, 0.3) is 0 Å². The second kappa shape index (κ2) is 5.99. The summed E-state index contributed by atoms with van der Waals surface area (Å²) >= 11 is 0. The molecule has 2 N–H and O–H groups in total. The molecule has 0 aliphatic carbocycles. The number of rotatable bonds is 5. The predicted molar refractivity (Wildman–Crippen MR) is 68.5 cm³/mol. The Balaban J connectivity index is 1.67. The Kier molecular flexibility index (Phi) is 4.62. The first kappa shape index (κ1) is 12.3. The normalized spacial score (nSPS) is 29.2. The second-order valence-electron chi connectivity index (χ2n) is 5.47. The molecule has 0 bridgehead atoms. The fourth-order valence-corrected chi connectivity index (χ4v) is 3.12. The van der Waals surface area contributed by atoms with Crippen molar-refractivity contribution >= 4 is 0 Å². The van der Waals surface area contributed by atoms with Gasteiger partial charge in [-0.05, 0) is 38.8 Å². The van der Waals surface area contributed by atoms with Crippen molar-refractivity contribution < 1.29 is 0 Å². The van der Waals surface area contributed by atoms with Gasteiger partial charge in [-0.2, -0.15) is 0 Å². The highest BCUT2D eigenvalue weighted by Gasteiger charge is 2.30. The molecule has 0 aromatic carbocycles. The maximum absolute atomic E-state index is 6.07. The minimum absolute atomic E-state index is 0.423. The SMILES string of the molecule is CCCC(N)CCN1CCN2CCCC2C1. The Bertz CT molecular complexity index is 207. The van der Waals surface area contributed by atoms with E-state index >= 15 is 0 Å². The Morgan fingerprint density at radius 3 is 2.94 bits per heavy atom. The molecule has 2 saturated heterocycles. The van der Waals surface area contributed by atoms with Gasteiger partial charge in [0.25, 0.3) is 0 Å². The van der Waals surface area contributed by atoms with Gasteiger partial charge in [-0.1, -0.05) is 13.3 Å². The van der Waals surface area contributed by atoms with Crippen LogP contribution in [0.3, 0.4) is 0 Å². The van der Waals surface area contributed by atoms with Crippen molar-refractivity contribution in [1.82, 2.24) is 9.80 Å². The number of hydrogen-bond acceptors (Lipinski definition) is 3. The average molecular weight is 225 g/mol. The molecule has 16 heavy (non-hydrogen) atoms. The van der Waals surface area contributed by atoms with Crippen molar-refractivity contribution in [1.29, 1.82) is 0 Å². The zero-order valence-electron chi connectivity index (χ0n) is 10.7. The number of piperazine rings is 1. The van der Waals surface area contributed by atoms with Crippen molar-refractivity contribution in [2.24, 2.45) is 5.73 Å². The van der Waals surface area contributed by atoms with E-state index in [-0.39, 0.29) is 0 Å². The third-order valence-corrected chi connectivity index (χ3v) is 4.15. The van der Waals surface area contributed by atoms with Gasteiger partial charge in [0.05, 0.1) is 0 Å². The summed E-state index contributed by atoms with van der Waals surface area (Å²) in [7, 11) is 0. The molecule has 0 radical (unpaired) electrons. The maximum atomic E-state index is 6.07. The molecule has 0 amide bonds. The van der Waals surface area contributed by atoms with E-state index in [1.54, 1.807) is 0 Å². The van der Waals surface area contributed by atoms with Gasteiger partial charge < -0.3 is 10.6 Å². The molecule has 2 unspecified atom stereocenters. The number of hydrogen-bond donors (Lipinski definition) is 1. The highest BCUT2D eigenvalue weighted by molar-refractivity contribution is 4.87. The van der Waals surface area contributed by atoms with Crippen molar-refractivity contribution in [2.75, 3.05) is 32.7 Å². The predicted octanol–water partition coefficient (Wildman–Crippen LogP) is 1.28. The standard InChI is InChI=1S/C13H27N3/c1-2-4-12(14)6-8-15-9-10-16-7-3-5-13(16)11-15/h12-13H,2-11,14H2,1H3. The molecule has 0 spiro atoms. The van der Waals surface area contributed by atoms with Crippen LogP contribution in [0.2, 0.25) is 0 Å². The van der Waals surface area contributed by atoms with Gasteiger partial charge in [-0.25, -0.2) is 0 Å². The molecule has 94 valence electrons. The van der Waals surface area contributed by atoms with Crippen LogP contribution in [-0.2, 0) is 0 Å². The first-order valence-electron chi connectivity index (χ1n) is 7.01. The molecule has 2 fully saturated rings. The number of nitrogens with zero attached hydrogens (tertiary/aromatic N) is 2. The van der Waals surface area contributed by atoms with Gasteiger partial charge in [0.1, 0.15) is 0 Å². The second-order valence-corrected chi connectivity index (χ2v) is 5.47. The minimum Gasteiger partial charge on any atom is -0.328 e.